The van der Waals surface area contributed by atoms with Crippen LogP contribution in [0.2, 0.25) is 0 Å². The number of likely N-dealkylation sites (tertiary alicyclic amines) is 1. The average molecular weight is 249 g/mol. The number of carbonyl (C=O) groups is 1. The predicted octanol–water partition coefficient (Wildman–Crippen LogP) is 1.67. The zero-order chi connectivity index (χ0) is 13.0. The van der Waals surface area contributed by atoms with Gasteiger partial charge in [-0.2, -0.15) is 5.26 Å². The molecular weight excluding hydrogens is 226 g/mol. The van der Waals surface area contributed by atoms with Crippen LogP contribution in [0.1, 0.15) is 45.4 Å². The summed E-state index contributed by atoms with van der Waals surface area (Å²) in [6, 6.07) is 2.67. The number of nitrogens with zero attached hydrogens (tertiary/aromatic N) is 2. The fraction of sp³-hybridized carbons (Fsp3) is 0.857. The summed E-state index contributed by atoms with van der Waals surface area (Å²) in [7, 11) is 0. The van der Waals surface area contributed by atoms with Gasteiger partial charge in [0.1, 0.15) is 0 Å². The van der Waals surface area contributed by atoms with Crippen LogP contribution in [0.5, 0.6) is 0 Å². The minimum absolute atomic E-state index is 0.0507. The molecule has 1 heterocycles. The molecule has 0 aromatic heterocycles. The molecule has 0 spiro atoms. The van der Waals surface area contributed by atoms with Crippen LogP contribution < -0.4 is 5.32 Å². The van der Waals surface area contributed by atoms with Crippen LogP contribution in [0.15, 0.2) is 0 Å². The fourth-order valence-corrected chi connectivity index (χ4v) is 2.97. The molecule has 4 nitrogen and oxygen atoms in total. The van der Waals surface area contributed by atoms with Gasteiger partial charge in [0.25, 0.3) is 0 Å². The molecule has 0 radical (unpaired) electrons. The second-order valence-corrected chi connectivity index (χ2v) is 5.61. The number of hydrogen-bond donors (Lipinski definition) is 1. The maximum absolute atomic E-state index is 12.1. The van der Waals surface area contributed by atoms with E-state index in [1.807, 2.05) is 6.92 Å². The Morgan fingerprint density at radius 3 is 2.44 bits per heavy atom. The van der Waals surface area contributed by atoms with Gasteiger partial charge in [-0.05, 0) is 32.6 Å². The minimum Gasteiger partial charge on any atom is -0.352 e. The third-order valence-corrected chi connectivity index (χ3v) is 4.34. The maximum atomic E-state index is 12.1. The zero-order valence-corrected chi connectivity index (χ0v) is 11.2. The molecule has 1 aliphatic carbocycles. The van der Waals surface area contributed by atoms with Gasteiger partial charge in [0.05, 0.1) is 12.1 Å². The van der Waals surface area contributed by atoms with Gasteiger partial charge in [0, 0.05) is 25.0 Å². The quantitative estimate of drug-likeness (QED) is 0.827. The van der Waals surface area contributed by atoms with Crippen LogP contribution in [-0.2, 0) is 4.79 Å². The van der Waals surface area contributed by atoms with Crippen molar-refractivity contribution in [3.63, 3.8) is 0 Å². The Morgan fingerprint density at radius 1 is 1.28 bits per heavy atom. The zero-order valence-electron chi connectivity index (χ0n) is 11.2. The first-order chi connectivity index (χ1) is 8.70. The van der Waals surface area contributed by atoms with E-state index in [0.29, 0.717) is 6.04 Å². The number of hydrogen-bond acceptors (Lipinski definition) is 3. The number of amides is 1. The normalized spacial score (nSPS) is 24.7. The molecule has 0 aromatic carbocycles. The highest BCUT2D eigenvalue weighted by Crippen LogP contribution is 2.20. The van der Waals surface area contributed by atoms with Crippen LogP contribution in [0.3, 0.4) is 0 Å². The fourth-order valence-electron chi connectivity index (χ4n) is 2.97. The van der Waals surface area contributed by atoms with Gasteiger partial charge in [0.2, 0.25) is 5.91 Å². The van der Waals surface area contributed by atoms with E-state index < -0.39 is 0 Å². The first-order valence-electron chi connectivity index (χ1n) is 7.14. The van der Waals surface area contributed by atoms with Crippen molar-refractivity contribution in [2.24, 2.45) is 5.92 Å². The van der Waals surface area contributed by atoms with Crippen molar-refractivity contribution < 1.29 is 4.79 Å². The monoisotopic (exact) mass is 249 g/mol. The van der Waals surface area contributed by atoms with Crippen LogP contribution in [0.4, 0.5) is 0 Å². The standard InChI is InChI=1S/C14H23N3O/c1-11(14(18)16-13-4-2-3-5-13)17-8-6-12(10-15)7-9-17/h11-13H,2-9H2,1H3,(H,16,18). The molecule has 0 bridgehead atoms. The molecular formula is C14H23N3O. The number of rotatable bonds is 3. The second kappa shape index (κ2) is 6.19. The lowest BCUT2D eigenvalue weighted by Gasteiger charge is -2.33. The van der Waals surface area contributed by atoms with E-state index >= 15 is 0 Å². The van der Waals surface area contributed by atoms with E-state index in [9.17, 15) is 4.79 Å². The minimum atomic E-state index is -0.0507. The summed E-state index contributed by atoms with van der Waals surface area (Å²) in [5.41, 5.74) is 0. The van der Waals surface area contributed by atoms with Gasteiger partial charge in [0.15, 0.2) is 0 Å². The number of nitriles is 1. The molecule has 2 rings (SSSR count). The van der Waals surface area contributed by atoms with Crippen LogP contribution >= 0.6 is 0 Å². The molecule has 1 atom stereocenters. The number of piperidine rings is 1. The Balaban J connectivity index is 1.78. The summed E-state index contributed by atoms with van der Waals surface area (Å²) < 4.78 is 0. The SMILES string of the molecule is CC(C(=O)NC1CCCC1)N1CCC(C#N)CC1. The molecule has 1 saturated carbocycles. The summed E-state index contributed by atoms with van der Waals surface area (Å²) in [6.45, 7) is 3.73. The van der Waals surface area contributed by atoms with Crippen molar-refractivity contribution >= 4 is 5.91 Å². The molecule has 0 aromatic rings. The van der Waals surface area contributed by atoms with Crippen LogP contribution in [-0.4, -0.2) is 36.0 Å². The third kappa shape index (κ3) is 3.23. The predicted molar refractivity (Wildman–Crippen MR) is 69.8 cm³/mol. The lowest BCUT2D eigenvalue weighted by Crippen LogP contribution is -2.50. The van der Waals surface area contributed by atoms with Crippen LogP contribution in [0, 0.1) is 17.2 Å². The van der Waals surface area contributed by atoms with Crippen molar-refractivity contribution in [2.75, 3.05) is 13.1 Å². The summed E-state index contributed by atoms with van der Waals surface area (Å²) in [6.07, 6.45) is 6.55. The van der Waals surface area contributed by atoms with Crippen molar-refractivity contribution in [2.45, 2.75) is 57.5 Å². The van der Waals surface area contributed by atoms with Gasteiger partial charge in [-0.15, -0.1) is 0 Å². The lowest BCUT2D eigenvalue weighted by atomic mass is 9.97. The number of nitrogens with one attached hydrogen (secondary N) is 1. The highest BCUT2D eigenvalue weighted by Gasteiger charge is 2.28. The summed E-state index contributed by atoms with van der Waals surface area (Å²) in [4.78, 5) is 14.3. The molecule has 2 aliphatic rings. The Kier molecular flexibility index (Phi) is 4.60. The van der Waals surface area contributed by atoms with Gasteiger partial charge < -0.3 is 5.32 Å². The molecule has 18 heavy (non-hydrogen) atoms. The maximum Gasteiger partial charge on any atom is 0.237 e. The smallest absolute Gasteiger partial charge is 0.237 e. The first-order valence-corrected chi connectivity index (χ1v) is 7.14. The van der Waals surface area contributed by atoms with Gasteiger partial charge in [-0.1, -0.05) is 12.8 Å². The largest absolute Gasteiger partial charge is 0.352 e. The van der Waals surface area contributed by atoms with Crippen molar-refractivity contribution in [3.05, 3.63) is 0 Å². The summed E-state index contributed by atoms with van der Waals surface area (Å²) >= 11 is 0. The van der Waals surface area contributed by atoms with Crippen molar-refractivity contribution in [1.29, 1.82) is 5.26 Å². The Morgan fingerprint density at radius 2 is 1.89 bits per heavy atom. The van der Waals surface area contributed by atoms with Crippen molar-refractivity contribution in [1.82, 2.24) is 10.2 Å². The Labute approximate surface area is 109 Å². The van der Waals surface area contributed by atoms with E-state index in [-0.39, 0.29) is 17.9 Å². The molecule has 1 saturated heterocycles. The van der Waals surface area contributed by atoms with Gasteiger partial charge in [-0.3, -0.25) is 9.69 Å². The Bertz CT molecular complexity index is 322. The van der Waals surface area contributed by atoms with Crippen LogP contribution in [0.25, 0.3) is 0 Å². The molecule has 100 valence electrons. The highest BCUT2D eigenvalue weighted by molar-refractivity contribution is 5.81. The van der Waals surface area contributed by atoms with Gasteiger partial charge >= 0.3 is 0 Å². The third-order valence-electron chi connectivity index (χ3n) is 4.34. The van der Waals surface area contributed by atoms with Crippen molar-refractivity contribution in [3.8, 4) is 6.07 Å². The first kappa shape index (κ1) is 13.4. The van der Waals surface area contributed by atoms with E-state index in [0.717, 1.165) is 38.8 Å². The highest BCUT2D eigenvalue weighted by atomic mass is 16.2. The van der Waals surface area contributed by atoms with Gasteiger partial charge in [-0.25, -0.2) is 0 Å². The van der Waals surface area contributed by atoms with E-state index in [1.165, 1.54) is 12.8 Å². The average Bonchev–Trinajstić information content (AvgIpc) is 2.91. The molecule has 2 fully saturated rings. The Hall–Kier alpha value is -1.08. The lowest BCUT2D eigenvalue weighted by molar-refractivity contribution is -0.127. The summed E-state index contributed by atoms with van der Waals surface area (Å²) in [5.74, 6) is 0.351. The molecule has 1 aliphatic heterocycles. The molecule has 1 N–H and O–H groups in total. The molecule has 1 amide bonds. The van der Waals surface area contributed by atoms with E-state index in [1.54, 1.807) is 0 Å². The topological polar surface area (TPSA) is 56.1 Å². The number of carbonyl (C=O) groups excluding carboxylic acids is 1. The summed E-state index contributed by atoms with van der Waals surface area (Å²) in [5, 5.41) is 12.0. The second-order valence-electron chi connectivity index (χ2n) is 5.61. The van der Waals surface area contributed by atoms with E-state index in [4.69, 9.17) is 5.26 Å². The van der Waals surface area contributed by atoms with E-state index in [2.05, 4.69) is 16.3 Å². The molecule has 1 unspecified atom stereocenters. The molecule has 4 heteroatoms.